The summed E-state index contributed by atoms with van der Waals surface area (Å²) in [7, 11) is 0. The monoisotopic (exact) mass is 132 g/mol. The Kier molecular flexibility index (Phi) is 5.73. The first-order valence-corrected chi connectivity index (χ1v) is 4.05. The maximum Gasteiger partial charge on any atom is -0.00978 e. The molecule has 0 aliphatic heterocycles. The number of rotatable bonds is 4. The first-order valence-electron chi connectivity index (χ1n) is 3.42. The highest BCUT2D eigenvalue weighted by atomic mass is 32.1. The van der Waals surface area contributed by atoms with Crippen LogP contribution in [0.4, 0.5) is 0 Å². The van der Waals surface area contributed by atoms with Crippen molar-refractivity contribution in [2.24, 2.45) is 5.92 Å². The van der Waals surface area contributed by atoms with Gasteiger partial charge in [0.25, 0.3) is 0 Å². The molecule has 0 radical (unpaired) electrons. The van der Waals surface area contributed by atoms with Gasteiger partial charge in [-0.05, 0) is 24.5 Å². The summed E-state index contributed by atoms with van der Waals surface area (Å²) in [5.41, 5.74) is 0. The van der Waals surface area contributed by atoms with Gasteiger partial charge in [-0.3, -0.25) is 0 Å². The van der Waals surface area contributed by atoms with Gasteiger partial charge >= 0.3 is 0 Å². The van der Waals surface area contributed by atoms with Gasteiger partial charge in [0.2, 0.25) is 0 Å². The van der Waals surface area contributed by atoms with E-state index < -0.39 is 0 Å². The van der Waals surface area contributed by atoms with Crippen molar-refractivity contribution in [1.29, 1.82) is 0 Å². The molecule has 0 aliphatic rings. The van der Waals surface area contributed by atoms with Crippen LogP contribution in [0.15, 0.2) is 0 Å². The van der Waals surface area contributed by atoms with Crippen LogP contribution in [0.1, 0.15) is 33.1 Å². The third-order valence-corrected chi connectivity index (χ3v) is 1.87. The highest BCUT2D eigenvalue weighted by Crippen LogP contribution is 2.08. The zero-order chi connectivity index (χ0) is 6.41. The van der Waals surface area contributed by atoms with Gasteiger partial charge < -0.3 is 0 Å². The predicted octanol–water partition coefficient (Wildman–Crippen LogP) is 2.74. The molecule has 50 valence electrons. The smallest absolute Gasteiger partial charge is 0.00978 e. The molecule has 1 heteroatoms. The van der Waals surface area contributed by atoms with Gasteiger partial charge in [-0.2, -0.15) is 12.6 Å². The molecule has 0 fully saturated rings. The summed E-state index contributed by atoms with van der Waals surface area (Å²) in [5, 5.41) is 0. The Hall–Kier alpha value is 0.350. The van der Waals surface area contributed by atoms with E-state index in [2.05, 4.69) is 26.5 Å². The van der Waals surface area contributed by atoms with Crippen LogP contribution in [-0.4, -0.2) is 5.75 Å². The normalized spacial score (nSPS) is 13.9. The van der Waals surface area contributed by atoms with E-state index in [-0.39, 0.29) is 0 Å². The van der Waals surface area contributed by atoms with Crippen molar-refractivity contribution in [1.82, 2.24) is 0 Å². The van der Waals surface area contributed by atoms with Crippen molar-refractivity contribution in [2.45, 2.75) is 33.1 Å². The van der Waals surface area contributed by atoms with Crippen LogP contribution in [-0.2, 0) is 0 Å². The Bertz CT molecular complexity index is 43.7. The van der Waals surface area contributed by atoms with Crippen molar-refractivity contribution in [3.63, 3.8) is 0 Å². The Morgan fingerprint density at radius 1 is 1.50 bits per heavy atom. The van der Waals surface area contributed by atoms with Crippen molar-refractivity contribution < 1.29 is 0 Å². The number of hydrogen-bond acceptors (Lipinski definition) is 1. The molecule has 0 saturated heterocycles. The molecule has 0 rings (SSSR count). The largest absolute Gasteiger partial charge is 0.179 e. The van der Waals surface area contributed by atoms with E-state index in [1.807, 2.05) is 0 Å². The second kappa shape index (κ2) is 5.49. The molecule has 1 unspecified atom stereocenters. The van der Waals surface area contributed by atoms with Crippen LogP contribution < -0.4 is 0 Å². The molecule has 0 amide bonds. The first-order chi connectivity index (χ1) is 3.81. The summed E-state index contributed by atoms with van der Waals surface area (Å²) >= 11 is 4.13. The lowest BCUT2D eigenvalue weighted by molar-refractivity contribution is 0.511. The van der Waals surface area contributed by atoms with Gasteiger partial charge in [0, 0.05) is 0 Å². The number of hydrogen-bond donors (Lipinski definition) is 1. The zero-order valence-electron chi connectivity index (χ0n) is 5.85. The quantitative estimate of drug-likeness (QED) is 0.559. The minimum Gasteiger partial charge on any atom is -0.179 e. The molecular formula is C7H16S. The summed E-state index contributed by atoms with van der Waals surface area (Å²) in [6.45, 7) is 4.53. The van der Waals surface area contributed by atoms with E-state index in [1.54, 1.807) is 0 Å². The summed E-state index contributed by atoms with van der Waals surface area (Å²) in [6, 6.07) is 0. The maximum atomic E-state index is 4.13. The molecule has 0 N–H and O–H groups in total. The molecule has 8 heavy (non-hydrogen) atoms. The summed E-state index contributed by atoms with van der Waals surface area (Å²) in [4.78, 5) is 0. The van der Waals surface area contributed by atoms with Crippen LogP contribution in [0.3, 0.4) is 0 Å². The minimum absolute atomic E-state index is 0.905. The number of thiol groups is 1. The average Bonchev–Trinajstić information content (AvgIpc) is 1.83. The molecule has 0 heterocycles. The Morgan fingerprint density at radius 2 is 2.12 bits per heavy atom. The van der Waals surface area contributed by atoms with E-state index in [0.29, 0.717) is 0 Å². The third kappa shape index (κ3) is 4.51. The van der Waals surface area contributed by atoms with Gasteiger partial charge in [0.15, 0.2) is 0 Å². The molecule has 0 saturated carbocycles. The Morgan fingerprint density at radius 3 is 2.50 bits per heavy atom. The van der Waals surface area contributed by atoms with Crippen LogP contribution in [0.25, 0.3) is 0 Å². The van der Waals surface area contributed by atoms with E-state index in [4.69, 9.17) is 0 Å². The average molecular weight is 132 g/mol. The van der Waals surface area contributed by atoms with E-state index in [9.17, 15) is 0 Å². The summed E-state index contributed by atoms with van der Waals surface area (Å²) in [6.07, 6.45) is 3.94. The Balaban J connectivity index is 2.86. The zero-order valence-corrected chi connectivity index (χ0v) is 6.75. The van der Waals surface area contributed by atoms with Gasteiger partial charge in [-0.25, -0.2) is 0 Å². The fourth-order valence-corrected chi connectivity index (χ4v) is 0.826. The van der Waals surface area contributed by atoms with E-state index in [0.717, 1.165) is 11.7 Å². The second-order valence-corrected chi connectivity index (χ2v) is 2.83. The minimum atomic E-state index is 0.905. The Labute approximate surface area is 58.1 Å². The van der Waals surface area contributed by atoms with Crippen molar-refractivity contribution in [3.8, 4) is 0 Å². The standard InChI is InChI=1S/C7H16S/c1-3-7(2)5-4-6-8/h7-8H,3-6H2,1-2H3. The SMILES string of the molecule is CCC(C)CCCS. The molecule has 0 bridgehead atoms. The van der Waals surface area contributed by atoms with Gasteiger partial charge in [-0.1, -0.05) is 20.3 Å². The van der Waals surface area contributed by atoms with Crippen LogP contribution >= 0.6 is 12.6 Å². The fourth-order valence-electron chi connectivity index (χ4n) is 0.644. The lowest BCUT2D eigenvalue weighted by Gasteiger charge is -2.04. The van der Waals surface area contributed by atoms with E-state index in [1.165, 1.54) is 19.3 Å². The third-order valence-electron chi connectivity index (χ3n) is 1.55. The van der Waals surface area contributed by atoms with Crippen molar-refractivity contribution in [3.05, 3.63) is 0 Å². The first kappa shape index (κ1) is 8.35. The molecule has 0 aromatic carbocycles. The van der Waals surface area contributed by atoms with E-state index >= 15 is 0 Å². The maximum absolute atomic E-state index is 4.13. The van der Waals surface area contributed by atoms with Crippen molar-refractivity contribution in [2.75, 3.05) is 5.75 Å². The predicted molar refractivity (Wildman–Crippen MR) is 42.5 cm³/mol. The van der Waals surface area contributed by atoms with Gasteiger partial charge in [0.1, 0.15) is 0 Å². The lowest BCUT2D eigenvalue weighted by Crippen LogP contribution is -1.91. The van der Waals surface area contributed by atoms with Crippen LogP contribution in [0, 0.1) is 5.92 Å². The summed E-state index contributed by atoms with van der Waals surface area (Å²) in [5.74, 6) is 1.95. The highest BCUT2D eigenvalue weighted by molar-refractivity contribution is 7.80. The highest BCUT2D eigenvalue weighted by Gasteiger charge is 1.94. The molecule has 0 nitrogen and oxygen atoms in total. The molecule has 1 atom stereocenters. The second-order valence-electron chi connectivity index (χ2n) is 2.38. The van der Waals surface area contributed by atoms with Crippen LogP contribution in [0.2, 0.25) is 0 Å². The molecule has 0 aromatic rings. The molecule has 0 spiro atoms. The fraction of sp³-hybridized carbons (Fsp3) is 1.00. The topological polar surface area (TPSA) is 0 Å². The van der Waals surface area contributed by atoms with Gasteiger partial charge in [0.05, 0.1) is 0 Å². The molecule has 0 aromatic heterocycles. The lowest BCUT2D eigenvalue weighted by atomic mass is 10.0. The van der Waals surface area contributed by atoms with Crippen molar-refractivity contribution >= 4 is 12.6 Å². The molecule has 0 aliphatic carbocycles. The molecular weight excluding hydrogens is 116 g/mol. The van der Waals surface area contributed by atoms with Crippen LogP contribution in [0.5, 0.6) is 0 Å². The van der Waals surface area contributed by atoms with Gasteiger partial charge in [-0.15, -0.1) is 0 Å². The summed E-state index contributed by atoms with van der Waals surface area (Å²) < 4.78 is 0.